The molecule has 6 nitrogen and oxygen atoms in total. The van der Waals surface area contributed by atoms with Crippen LogP contribution in [0.25, 0.3) is 0 Å². The van der Waals surface area contributed by atoms with E-state index in [2.05, 4.69) is 16.8 Å². The Morgan fingerprint density at radius 3 is 2.86 bits per heavy atom. The summed E-state index contributed by atoms with van der Waals surface area (Å²) in [6.07, 6.45) is 1.19. The predicted molar refractivity (Wildman–Crippen MR) is 77.7 cm³/mol. The Morgan fingerprint density at radius 1 is 1.52 bits per heavy atom. The Hall–Kier alpha value is -1.94. The van der Waals surface area contributed by atoms with E-state index in [0.717, 1.165) is 0 Å². The molecule has 1 atom stereocenters. The maximum absolute atomic E-state index is 12.1. The minimum Gasteiger partial charge on any atom is -0.395 e. The Kier molecular flexibility index (Phi) is 7.40. The highest BCUT2D eigenvalue weighted by atomic mass is 16.5. The summed E-state index contributed by atoms with van der Waals surface area (Å²) in [6, 6.07) is 3.29. The summed E-state index contributed by atoms with van der Waals surface area (Å²) in [5, 5.41) is 18.2. The van der Waals surface area contributed by atoms with Crippen molar-refractivity contribution in [3.8, 4) is 11.8 Å². The first kappa shape index (κ1) is 17.1. The van der Waals surface area contributed by atoms with E-state index in [-0.39, 0.29) is 31.4 Å². The number of amides is 1. The predicted octanol–water partition coefficient (Wildman–Crippen LogP) is -0.105. The van der Waals surface area contributed by atoms with Crippen molar-refractivity contribution < 1.29 is 19.7 Å². The van der Waals surface area contributed by atoms with Gasteiger partial charge in [0, 0.05) is 38.9 Å². The maximum Gasteiger partial charge on any atom is 0.272 e. The van der Waals surface area contributed by atoms with Crippen molar-refractivity contribution in [2.24, 2.45) is 0 Å². The zero-order valence-corrected chi connectivity index (χ0v) is 12.2. The smallest absolute Gasteiger partial charge is 0.272 e. The quantitative estimate of drug-likeness (QED) is 0.715. The van der Waals surface area contributed by atoms with E-state index >= 15 is 0 Å². The van der Waals surface area contributed by atoms with Gasteiger partial charge < -0.3 is 19.8 Å². The number of hydrogen-bond donors (Lipinski definition) is 2. The van der Waals surface area contributed by atoms with E-state index in [9.17, 15) is 9.90 Å². The standard InChI is InChI=1S/C15H20N2O4/c1-17(10-13(19)11-21-2)15(20)14-7-6-12(9-16-14)5-3-4-8-18/h6-7,9,13,18-19H,4,8,10-11H2,1-2H3. The van der Waals surface area contributed by atoms with Gasteiger partial charge in [-0.25, -0.2) is 4.98 Å². The molecule has 0 aliphatic carbocycles. The van der Waals surface area contributed by atoms with Crippen molar-refractivity contribution in [1.82, 2.24) is 9.88 Å². The van der Waals surface area contributed by atoms with E-state index in [1.165, 1.54) is 18.2 Å². The lowest BCUT2D eigenvalue weighted by molar-refractivity contribution is 0.0378. The molecule has 1 unspecified atom stereocenters. The van der Waals surface area contributed by atoms with Gasteiger partial charge in [0.05, 0.1) is 19.3 Å². The largest absolute Gasteiger partial charge is 0.395 e. The van der Waals surface area contributed by atoms with E-state index < -0.39 is 6.10 Å². The number of ether oxygens (including phenoxy) is 1. The fraction of sp³-hybridized carbons (Fsp3) is 0.467. The molecule has 0 aliphatic heterocycles. The summed E-state index contributed by atoms with van der Waals surface area (Å²) < 4.78 is 4.82. The maximum atomic E-state index is 12.1. The van der Waals surface area contributed by atoms with Crippen LogP contribution >= 0.6 is 0 Å². The summed E-state index contributed by atoms with van der Waals surface area (Å²) >= 11 is 0. The van der Waals surface area contributed by atoms with Gasteiger partial charge in [-0.3, -0.25) is 4.79 Å². The van der Waals surface area contributed by atoms with Crippen molar-refractivity contribution in [3.05, 3.63) is 29.6 Å². The van der Waals surface area contributed by atoms with Crippen LogP contribution in [0.1, 0.15) is 22.5 Å². The second-order valence-electron chi connectivity index (χ2n) is 4.50. The molecular formula is C15H20N2O4. The highest BCUT2D eigenvalue weighted by Crippen LogP contribution is 2.03. The molecule has 114 valence electrons. The van der Waals surface area contributed by atoms with E-state index in [0.29, 0.717) is 12.0 Å². The number of aliphatic hydroxyl groups excluding tert-OH is 2. The third-order valence-electron chi connectivity index (χ3n) is 2.64. The first-order valence-corrected chi connectivity index (χ1v) is 6.56. The topological polar surface area (TPSA) is 82.9 Å². The number of nitrogens with zero attached hydrogens (tertiary/aromatic N) is 2. The minimum absolute atomic E-state index is 0.0194. The summed E-state index contributed by atoms with van der Waals surface area (Å²) in [5.74, 6) is 5.34. The van der Waals surface area contributed by atoms with Crippen LogP contribution in [-0.4, -0.2) is 66.0 Å². The molecule has 1 heterocycles. The lowest BCUT2D eigenvalue weighted by Gasteiger charge is -2.20. The van der Waals surface area contributed by atoms with Crippen LogP contribution in [0, 0.1) is 11.8 Å². The molecule has 1 aromatic rings. The Morgan fingerprint density at radius 2 is 2.29 bits per heavy atom. The normalized spacial score (nSPS) is 11.4. The van der Waals surface area contributed by atoms with Gasteiger partial charge in [0.25, 0.3) is 5.91 Å². The molecule has 6 heteroatoms. The van der Waals surface area contributed by atoms with Crippen molar-refractivity contribution in [1.29, 1.82) is 0 Å². The molecule has 0 radical (unpaired) electrons. The summed E-state index contributed by atoms with van der Waals surface area (Å²) in [4.78, 5) is 17.6. The first-order valence-electron chi connectivity index (χ1n) is 6.56. The van der Waals surface area contributed by atoms with Gasteiger partial charge in [0.1, 0.15) is 5.69 Å². The molecule has 2 N–H and O–H groups in total. The Bertz CT molecular complexity index is 505. The molecule has 0 spiro atoms. The lowest BCUT2D eigenvalue weighted by atomic mass is 10.2. The second-order valence-corrected chi connectivity index (χ2v) is 4.50. The van der Waals surface area contributed by atoms with Crippen molar-refractivity contribution in [2.45, 2.75) is 12.5 Å². The molecule has 0 bridgehead atoms. The summed E-state index contributed by atoms with van der Waals surface area (Å²) in [5.41, 5.74) is 0.969. The average Bonchev–Trinajstić information content (AvgIpc) is 2.47. The monoisotopic (exact) mass is 292 g/mol. The van der Waals surface area contributed by atoms with Crippen molar-refractivity contribution in [2.75, 3.05) is 33.9 Å². The van der Waals surface area contributed by atoms with Crippen LogP contribution in [0.15, 0.2) is 18.3 Å². The van der Waals surface area contributed by atoms with Crippen molar-refractivity contribution in [3.63, 3.8) is 0 Å². The van der Waals surface area contributed by atoms with E-state index in [1.54, 1.807) is 19.2 Å². The fourth-order valence-electron chi connectivity index (χ4n) is 1.65. The van der Waals surface area contributed by atoms with E-state index in [4.69, 9.17) is 9.84 Å². The number of likely N-dealkylation sites (N-methyl/N-ethyl adjacent to an activating group) is 1. The van der Waals surface area contributed by atoms with Crippen LogP contribution in [0.2, 0.25) is 0 Å². The van der Waals surface area contributed by atoms with Gasteiger partial charge in [-0.2, -0.15) is 0 Å². The Balaban J connectivity index is 2.64. The molecule has 0 aliphatic rings. The van der Waals surface area contributed by atoms with Crippen LogP contribution in [0.5, 0.6) is 0 Å². The van der Waals surface area contributed by atoms with Crippen LogP contribution in [0.4, 0.5) is 0 Å². The second kappa shape index (κ2) is 9.08. The molecule has 0 fully saturated rings. The first-order chi connectivity index (χ1) is 10.1. The number of aliphatic hydroxyl groups is 2. The fourth-order valence-corrected chi connectivity index (χ4v) is 1.65. The number of carbonyl (C=O) groups is 1. The molecule has 1 aromatic heterocycles. The third-order valence-corrected chi connectivity index (χ3v) is 2.64. The van der Waals surface area contributed by atoms with Gasteiger partial charge in [-0.15, -0.1) is 0 Å². The van der Waals surface area contributed by atoms with Gasteiger partial charge in [-0.1, -0.05) is 11.8 Å². The molecule has 0 aromatic carbocycles. The summed E-state index contributed by atoms with van der Waals surface area (Å²) in [6.45, 7) is 0.364. The number of carbonyl (C=O) groups excluding carboxylic acids is 1. The van der Waals surface area contributed by atoms with E-state index in [1.807, 2.05) is 0 Å². The van der Waals surface area contributed by atoms with Crippen molar-refractivity contribution >= 4 is 5.91 Å². The van der Waals surface area contributed by atoms with Crippen LogP contribution in [0.3, 0.4) is 0 Å². The van der Waals surface area contributed by atoms with Crippen LogP contribution < -0.4 is 0 Å². The highest BCUT2D eigenvalue weighted by molar-refractivity contribution is 5.92. The Labute approximate surface area is 124 Å². The van der Waals surface area contributed by atoms with Gasteiger partial charge in [-0.05, 0) is 12.1 Å². The molecular weight excluding hydrogens is 272 g/mol. The summed E-state index contributed by atoms with van der Waals surface area (Å²) in [7, 11) is 3.08. The van der Waals surface area contributed by atoms with Gasteiger partial charge in [0.2, 0.25) is 0 Å². The van der Waals surface area contributed by atoms with Gasteiger partial charge >= 0.3 is 0 Å². The third kappa shape index (κ3) is 5.92. The zero-order chi connectivity index (χ0) is 15.7. The molecule has 0 saturated heterocycles. The molecule has 1 amide bonds. The molecule has 21 heavy (non-hydrogen) atoms. The molecule has 1 rings (SSSR count). The average molecular weight is 292 g/mol. The number of rotatable bonds is 6. The number of methoxy groups -OCH3 is 1. The molecule has 0 saturated carbocycles. The van der Waals surface area contributed by atoms with Crippen LogP contribution in [-0.2, 0) is 4.74 Å². The number of pyridine rings is 1. The highest BCUT2D eigenvalue weighted by Gasteiger charge is 2.16. The minimum atomic E-state index is -0.729. The number of aromatic nitrogens is 1. The zero-order valence-electron chi connectivity index (χ0n) is 12.2. The SMILES string of the molecule is COCC(O)CN(C)C(=O)c1ccc(C#CCCO)cn1. The number of hydrogen-bond acceptors (Lipinski definition) is 5. The lowest BCUT2D eigenvalue weighted by Crippen LogP contribution is -2.36. The van der Waals surface area contributed by atoms with Gasteiger partial charge in [0.15, 0.2) is 0 Å².